The van der Waals surface area contributed by atoms with Crippen LogP contribution in [0, 0.1) is 0 Å². The first-order valence-electron chi connectivity index (χ1n) is 8.65. The quantitative estimate of drug-likeness (QED) is 0.683. The van der Waals surface area contributed by atoms with Crippen molar-refractivity contribution in [1.82, 2.24) is 24.8 Å². The summed E-state index contributed by atoms with van der Waals surface area (Å²) in [6.07, 6.45) is -1.53. The first kappa shape index (κ1) is 18.2. The summed E-state index contributed by atoms with van der Waals surface area (Å²) in [4.78, 5) is 18.7. The number of benzene rings is 1. The second-order valence-corrected chi connectivity index (χ2v) is 6.53. The van der Waals surface area contributed by atoms with Gasteiger partial charge in [0.15, 0.2) is 0 Å². The fourth-order valence-electron chi connectivity index (χ4n) is 3.32. The summed E-state index contributed by atoms with van der Waals surface area (Å²) in [7, 11) is 1.68. The molecule has 7 nitrogen and oxygen atoms in total. The molecule has 146 valence electrons. The predicted molar refractivity (Wildman–Crippen MR) is 91.0 cm³/mol. The summed E-state index contributed by atoms with van der Waals surface area (Å²) in [6, 6.07) is 5.94. The summed E-state index contributed by atoms with van der Waals surface area (Å²) in [6.45, 7) is 0.524. The number of likely N-dealkylation sites (tertiary alicyclic amines) is 1. The SMILES string of the molecule is Cn1nccc1C(=O)N1CCCC1c1nc(-c2cccc(C(F)(F)F)c2)no1. The van der Waals surface area contributed by atoms with Crippen LogP contribution in [0.2, 0.25) is 0 Å². The standard InChI is InChI=1S/C18H16F3N5O2/c1-25-14(7-8-22-25)17(27)26-9-3-6-13(26)16-23-15(24-28-16)11-4-2-5-12(10-11)18(19,20)21/h2,4-5,7-8,10,13H,3,6,9H2,1H3. The van der Waals surface area contributed by atoms with E-state index in [4.69, 9.17) is 4.52 Å². The molecular weight excluding hydrogens is 375 g/mol. The molecule has 28 heavy (non-hydrogen) atoms. The van der Waals surface area contributed by atoms with Crippen molar-refractivity contribution in [3.63, 3.8) is 0 Å². The third-order valence-corrected chi connectivity index (χ3v) is 4.73. The number of nitrogens with zero attached hydrogens (tertiary/aromatic N) is 5. The lowest BCUT2D eigenvalue weighted by Gasteiger charge is -2.21. The van der Waals surface area contributed by atoms with E-state index in [1.807, 2.05) is 0 Å². The Hall–Kier alpha value is -3.17. The lowest BCUT2D eigenvalue weighted by molar-refractivity contribution is -0.137. The van der Waals surface area contributed by atoms with Crippen molar-refractivity contribution in [2.24, 2.45) is 7.05 Å². The Morgan fingerprint density at radius 1 is 1.29 bits per heavy atom. The first-order chi connectivity index (χ1) is 13.3. The minimum Gasteiger partial charge on any atom is -0.337 e. The van der Waals surface area contributed by atoms with Crippen molar-refractivity contribution >= 4 is 5.91 Å². The molecule has 1 aliphatic heterocycles. The van der Waals surface area contributed by atoms with E-state index in [0.29, 0.717) is 18.7 Å². The van der Waals surface area contributed by atoms with Crippen molar-refractivity contribution in [3.8, 4) is 11.4 Å². The highest BCUT2D eigenvalue weighted by molar-refractivity contribution is 5.92. The summed E-state index contributed by atoms with van der Waals surface area (Å²) >= 11 is 0. The maximum Gasteiger partial charge on any atom is 0.416 e. The molecule has 1 unspecified atom stereocenters. The number of alkyl halides is 3. The molecule has 0 spiro atoms. The summed E-state index contributed by atoms with van der Waals surface area (Å²) in [5, 5.41) is 7.82. The van der Waals surface area contributed by atoms with E-state index in [2.05, 4.69) is 15.2 Å². The highest BCUT2D eigenvalue weighted by Gasteiger charge is 2.36. The van der Waals surface area contributed by atoms with Crippen LogP contribution in [0.5, 0.6) is 0 Å². The van der Waals surface area contributed by atoms with Gasteiger partial charge in [0.25, 0.3) is 5.91 Å². The second kappa shape index (κ2) is 6.77. The number of halogens is 3. The number of aryl methyl sites for hydroxylation is 1. The first-order valence-corrected chi connectivity index (χ1v) is 8.65. The van der Waals surface area contributed by atoms with Crippen LogP contribution in [0.25, 0.3) is 11.4 Å². The zero-order valence-corrected chi connectivity index (χ0v) is 14.8. The van der Waals surface area contributed by atoms with Crippen molar-refractivity contribution in [2.45, 2.75) is 25.1 Å². The van der Waals surface area contributed by atoms with Gasteiger partial charge in [0.2, 0.25) is 11.7 Å². The molecule has 1 fully saturated rings. The molecule has 1 saturated heterocycles. The number of hydrogen-bond donors (Lipinski definition) is 0. The molecule has 1 atom stereocenters. The molecule has 10 heteroatoms. The van der Waals surface area contributed by atoms with Gasteiger partial charge in [-0.3, -0.25) is 9.48 Å². The van der Waals surface area contributed by atoms with Gasteiger partial charge < -0.3 is 9.42 Å². The van der Waals surface area contributed by atoms with Crippen molar-refractivity contribution in [3.05, 3.63) is 53.7 Å². The Balaban J connectivity index is 1.60. The van der Waals surface area contributed by atoms with E-state index in [9.17, 15) is 18.0 Å². The van der Waals surface area contributed by atoms with E-state index in [1.165, 1.54) is 23.0 Å². The monoisotopic (exact) mass is 391 g/mol. The summed E-state index contributed by atoms with van der Waals surface area (Å²) in [5.74, 6) is 0.0580. The normalized spacial score (nSPS) is 17.3. The molecule has 3 heterocycles. The van der Waals surface area contributed by atoms with Gasteiger partial charge in [-0.05, 0) is 31.0 Å². The van der Waals surface area contributed by atoms with E-state index in [0.717, 1.165) is 18.6 Å². The third kappa shape index (κ3) is 3.25. The molecule has 1 aromatic carbocycles. The van der Waals surface area contributed by atoms with E-state index in [-0.39, 0.29) is 23.2 Å². The molecule has 1 aliphatic rings. The maximum absolute atomic E-state index is 12.9. The van der Waals surface area contributed by atoms with E-state index >= 15 is 0 Å². The molecule has 2 aromatic heterocycles. The van der Waals surface area contributed by atoms with Crippen LogP contribution in [0.3, 0.4) is 0 Å². The molecule has 3 aromatic rings. The van der Waals surface area contributed by atoms with Gasteiger partial charge in [0, 0.05) is 25.4 Å². The average molecular weight is 391 g/mol. The Morgan fingerprint density at radius 2 is 2.11 bits per heavy atom. The minimum absolute atomic E-state index is 0.0564. The van der Waals surface area contributed by atoms with Crippen LogP contribution in [-0.4, -0.2) is 37.3 Å². The second-order valence-electron chi connectivity index (χ2n) is 6.53. The van der Waals surface area contributed by atoms with Crippen LogP contribution in [-0.2, 0) is 13.2 Å². The number of hydrogen-bond acceptors (Lipinski definition) is 5. The molecule has 0 bridgehead atoms. The van der Waals surface area contributed by atoms with Crippen LogP contribution in [0.1, 0.15) is 40.8 Å². The molecule has 1 amide bonds. The highest BCUT2D eigenvalue weighted by Crippen LogP contribution is 2.34. The largest absolute Gasteiger partial charge is 0.416 e. The van der Waals surface area contributed by atoms with Gasteiger partial charge in [0.1, 0.15) is 11.7 Å². The smallest absolute Gasteiger partial charge is 0.337 e. The molecule has 0 N–H and O–H groups in total. The van der Waals surface area contributed by atoms with Crippen molar-refractivity contribution in [2.75, 3.05) is 6.54 Å². The van der Waals surface area contributed by atoms with Gasteiger partial charge in [-0.25, -0.2) is 0 Å². The molecular formula is C18H16F3N5O2. The van der Waals surface area contributed by atoms with Crippen LogP contribution >= 0.6 is 0 Å². The summed E-state index contributed by atoms with van der Waals surface area (Å²) in [5.41, 5.74) is -0.151. The van der Waals surface area contributed by atoms with E-state index < -0.39 is 17.8 Å². The zero-order valence-electron chi connectivity index (χ0n) is 14.8. The predicted octanol–water partition coefficient (Wildman–Crippen LogP) is 3.47. The average Bonchev–Trinajstić information content (AvgIpc) is 3.40. The topological polar surface area (TPSA) is 77.1 Å². The fraction of sp³-hybridized carbons (Fsp3) is 0.333. The van der Waals surface area contributed by atoms with Crippen LogP contribution < -0.4 is 0 Å². The summed E-state index contributed by atoms with van der Waals surface area (Å²) < 4.78 is 45.6. The maximum atomic E-state index is 12.9. The molecule has 0 saturated carbocycles. The number of aromatic nitrogens is 4. The van der Waals surface area contributed by atoms with Crippen LogP contribution in [0.15, 0.2) is 41.1 Å². The minimum atomic E-state index is -4.46. The highest BCUT2D eigenvalue weighted by atomic mass is 19.4. The fourth-order valence-corrected chi connectivity index (χ4v) is 3.32. The third-order valence-electron chi connectivity index (χ3n) is 4.73. The van der Waals surface area contributed by atoms with Gasteiger partial charge >= 0.3 is 6.18 Å². The van der Waals surface area contributed by atoms with E-state index in [1.54, 1.807) is 18.0 Å². The van der Waals surface area contributed by atoms with Gasteiger partial charge in [-0.1, -0.05) is 17.3 Å². The Kier molecular flexibility index (Phi) is 4.40. The zero-order chi connectivity index (χ0) is 19.9. The lowest BCUT2D eigenvalue weighted by Crippen LogP contribution is -2.32. The Labute approximate surface area is 157 Å². The number of amides is 1. The Bertz CT molecular complexity index is 1010. The van der Waals surface area contributed by atoms with Crippen molar-refractivity contribution < 1.29 is 22.5 Å². The van der Waals surface area contributed by atoms with Gasteiger partial charge in [0.05, 0.1) is 5.56 Å². The molecule has 0 radical (unpaired) electrons. The van der Waals surface area contributed by atoms with Gasteiger partial charge in [-0.15, -0.1) is 0 Å². The number of carbonyl (C=O) groups is 1. The number of rotatable bonds is 3. The number of carbonyl (C=O) groups excluding carboxylic acids is 1. The van der Waals surface area contributed by atoms with Crippen LogP contribution in [0.4, 0.5) is 13.2 Å². The molecule has 4 rings (SSSR count). The lowest BCUT2D eigenvalue weighted by atomic mass is 10.1. The Morgan fingerprint density at radius 3 is 2.82 bits per heavy atom. The van der Waals surface area contributed by atoms with Gasteiger partial charge in [-0.2, -0.15) is 23.3 Å². The van der Waals surface area contributed by atoms with Crippen molar-refractivity contribution in [1.29, 1.82) is 0 Å². The molecule has 0 aliphatic carbocycles.